The Labute approximate surface area is 157 Å². The molecule has 3 N–H and O–H groups in total. The van der Waals surface area contributed by atoms with Crippen LogP contribution in [0, 0.1) is 6.92 Å². The van der Waals surface area contributed by atoms with Crippen molar-refractivity contribution < 1.29 is 0 Å². The van der Waals surface area contributed by atoms with E-state index in [9.17, 15) is 0 Å². The topological polar surface area (TPSA) is 70.8 Å². The highest BCUT2D eigenvalue weighted by atomic mass is 15.1. The number of nitrogens with two attached hydrogens (primary N) is 1. The van der Waals surface area contributed by atoms with Gasteiger partial charge in [0, 0.05) is 12.1 Å². The molecule has 0 aliphatic carbocycles. The predicted octanol–water partition coefficient (Wildman–Crippen LogP) is 4.39. The second-order valence-corrected chi connectivity index (χ2v) is 7.79. The van der Waals surface area contributed by atoms with Gasteiger partial charge in [-0.25, -0.2) is 9.97 Å². The predicted molar refractivity (Wildman–Crippen MR) is 109 cm³/mol. The lowest BCUT2D eigenvalue weighted by atomic mass is 10.1. The van der Waals surface area contributed by atoms with Crippen molar-refractivity contribution in [1.29, 1.82) is 0 Å². The van der Waals surface area contributed by atoms with E-state index >= 15 is 0 Å². The minimum absolute atomic E-state index is 0.598. The van der Waals surface area contributed by atoms with E-state index < -0.39 is 0 Å². The third-order valence-corrected chi connectivity index (χ3v) is 5.64. The molecule has 0 saturated carbocycles. The summed E-state index contributed by atoms with van der Waals surface area (Å²) in [6.45, 7) is 8.20. The van der Waals surface area contributed by atoms with E-state index in [0.29, 0.717) is 5.82 Å². The number of rotatable bonds is 9. The van der Waals surface area contributed by atoms with Gasteiger partial charge in [-0.1, -0.05) is 26.2 Å². The van der Waals surface area contributed by atoms with E-state index in [-0.39, 0.29) is 0 Å². The van der Waals surface area contributed by atoms with Gasteiger partial charge in [0.05, 0.1) is 5.52 Å². The number of nitrogens with one attached hydrogen (secondary N) is 1. The normalized spacial score (nSPS) is 15.8. The largest absolute Gasteiger partial charge is 0.382 e. The summed E-state index contributed by atoms with van der Waals surface area (Å²) in [5, 5.41) is 0. The van der Waals surface area contributed by atoms with Crippen LogP contribution in [0.25, 0.3) is 11.0 Å². The first-order valence-electron chi connectivity index (χ1n) is 10.5. The summed E-state index contributed by atoms with van der Waals surface area (Å²) in [5.41, 5.74) is 10.7. The summed E-state index contributed by atoms with van der Waals surface area (Å²) in [5.74, 6) is 1.49. The molecule has 1 aliphatic heterocycles. The van der Waals surface area contributed by atoms with Crippen molar-refractivity contribution in [3.05, 3.63) is 17.1 Å². The average molecular weight is 358 g/mol. The van der Waals surface area contributed by atoms with Crippen LogP contribution in [0.1, 0.15) is 75.4 Å². The maximum absolute atomic E-state index is 6.18. The van der Waals surface area contributed by atoms with Crippen LogP contribution in [0.5, 0.6) is 0 Å². The number of fused-ring (bicyclic) bond motifs is 1. The first-order chi connectivity index (χ1) is 12.7. The fourth-order valence-electron chi connectivity index (χ4n) is 4.06. The Balaban J connectivity index is 1.57. The van der Waals surface area contributed by atoms with Crippen molar-refractivity contribution in [2.45, 2.75) is 78.1 Å². The van der Waals surface area contributed by atoms with Gasteiger partial charge in [0.25, 0.3) is 0 Å². The maximum atomic E-state index is 6.18. The van der Waals surface area contributed by atoms with Crippen molar-refractivity contribution in [1.82, 2.24) is 19.9 Å². The highest BCUT2D eigenvalue weighted by Crippen LogP contribution is 2.26. The Morgan fingerprint density at radius 3 is 2.58 bits per heavy atom. The number of aromatic nitrogens is 3. The van der Waals surface area contributed by atoms with Gasteiger partial charge in [0.1, 0.15) is 11.3 Å². The Morgan fingerprint density at radius 2 is 1.81 bits per heavy atom. The van der Waals surface area contributed by atoms with Crippen molar-refractivity contribution in [3.63, 3.8) is 0 Å². The van der Waals surface area contributed by atoms with Crippen LogP contribution in [-0.4, -0.2) is 39.5 Å². The Morgan fingerprint density at radius 1 is 1.00 bits per heavy atom. The summed E-state index contributed by atoms with van der Waals surface area (Å²) in [6, 6.07) is 0. The molecular formula is C21H35N5. The number of anilines is 1. The van der Waals surface area contributed by atoms with Gasteiger partial charge in [0.15, 0.2) is 5.82 Å². The lowest BCUT2D eigenvalue weighted by Gasteiger charge is -2.26. The lowest BCUT2D eigenvalue weighted by Crippen LogP contribution is -2.30. The monoisotopic (exact) mass is 357 g/mol. The number of nitrogens with zero attached hydrogens (tertiary/aromatic N) is 3. The van der Waals surface area contributed by atoms with E-state index in [1.54, 1.807) is 0 Å². The number of hydrogen-bond acceptors (Lipinski definition) is 4. The molecule has 0 radical (unpaired) electrons. The zero-order chi connectivity index (χ0) is 18.4. The molecule has 144 valence electrons. The summed E-state index contributed by atoms with van der Waals surface area (Å²) < 4.78 is 0. The van der Waals surface area contributed by atoms with Gasteiger partial charge in [-0.2, -0.15) is 0 Å². The van der Waals surface area contributed by atoms with Crippen LogP contribution in [0.3, 0.4) is 0 Å². The first-order valence-corrected chi connectivity index (χ1v) is 10.5. The fraction of sp³-hybridized carbons (Fsp3) is 0.714. The standard InChI is InChI=1S/C21H35N5/c1-3-4-12-18-24-19-17(16(2)23-20(19)21(22)25-18)11-7-5-8-13-26-14-9-6-10-15-26/h23H,3-15H2,1-2H3,(H2,22,24,25). The van der Waals surface area contributed by atoms with Crippen LogP contribution >= 0.6 is 0 Å². The van der Waals surface area contributed by atoms with E-state index in [4.69, 9.17) is 10.7 Å². The second kappa shape index (κ2) is 9.36. The maximum Gasteiger partial charge on any atom is 0.151 e. The Hall–Kier alpha value is -1.62. The highest BCUT2D eigenvalue weighted by Gasteiger charge is 2.15. The van der Waals surface area contributed by atoms with E-state index in [1.165, 1.54) is 69.4 Å². The smallest absolute Gasteiger partial charge is 0.151 e. The highest BCUT2D eigenvalue weighted by molar-refractivity contribution is 5.88. The molecule has 0 amide bonds. The Kier molecular flexibility index (Phi) is 6.89. The van der Waals surface area contributed by atoms with E-state index in [2.05, 4.69) is 28.7 Å². The third kappa shape index (κ3) is 4.76. The molecule has 1 saturated heterocycles. The molecule has 26 heavy (non-hydrogen) atoms. The third-order valence-electron chi connectivity index (χ3n) is 5.64. The molecule has 2 aromatic heterocycles. The van der Waals surface area contributed by atoms with Gasteiger partial charge >= 0.3 is 0 Å². The second-order valence-electron chi connectivity index (χ2n) is 7.79. The van der Waals surface area contributed by atoms with E-state index in [1.807, 2.05) is 0 Å². The van der Waals surface area contributed by atoms with E-state index in [0.717, 1.165) is 42.5 Å². The quantitative estimate of drug-likeness (QED) is 0.653. The van der Waals surface area contributed by atoms with Crippen LogP contribution < -0.4 is 5.73 Å². The molecule has 0 spiro atoms. The van der Waals surface area contributed by atoms with Crippen LogP contribution in [0.4, 0.5) is 5.82 Å². The van der Waals surface area contributed by atoms with Crippen molar-refractivity contribution in [3.8, 4) is 0 Å². The number of aryl methyl sites for hydroxylation is 3. The molecule has 1 fully saturated rings. The molecule has 2 aromatic rings. The van der Waals surface area contributed by atoms with Gasteiger partial charge in [0.2, 0.25) is 0 Å². The van der Waals surface area contributed by atoms with Crippen molar-refractivity contribution in [2.24, 2.45) is 0 Å². The van der Waals surface area contributed by atoms with Crippen LogP contribution in [0.15, 0.2) is 0 Å². The van der Waals surface area contributed by atoms with Crippen molar-refractivity contribution in [2.75, 3.05) is 25.4 Å². The number of H-pyrrole nitrogens is 1. The summed E-state index contributed by atoms with van der Waals surface area (Å²) in [7, 11) is 0. The molecule has 1 aliphatic rings. The number of aromatic amines is 1. The number of likely N-dealkylation sites (tertiary alicyclic amines) is 1. The number of hydrogen-bond donors (Lipinski definition) is 2. The molecular weight excluding hydrogens is 322 g/mol. The molecule has 3 rings (SSSR count). The van der Waals surface area contributed by atoms with Gasteiger partial charge in [-0.3, -0.25) is 0 Å². The SMILES string of the molecule is CCCCc1nc(N)c2[nH]c(C)c(CCCCCN3CCCCC3)c2n1. The number of unbranched alkanes of at least 4 members (excludes halogenated alkanes) is 3. The first kappa shape index (κ1) is 19.2. The summed E-state index contributed by atoms with van der Waals surface area (Å²) in [6.07, 6.45) is 12.2. The molecule has 0 unspecified atom stereocenters. The van der Waals surface area contributed by atoms with Crippen LogP contribution in [0.2, 0.25) is 0 Å². The molecule has 0 aromatic carbocycles. The summed E-state index contributed by atoms with van der Waals surface area (Å²) >= 11 is 0. The van der Waals surface area contributed by atoms with Gasteiger partial charge in [-0.05, 0) is 70.6 Å². The zero-order valence-electron chi connectivity index (χ0n) is 16.6. The minimum Gasteiger partial charge on any atom is -0.382 e. The minimum atomic E-state index is 0.598. The van der Waals surface area contributed by atoms with Gasteiger partial charge in [-0.15, -0.1) is 0 Å². The molecule has 5 heteroatoms. The van der Waals surface area contributed by atoms with Crippen LogP contribution in [-0.2, 0) is 12.8 Å². The number of piperidine rings is 1. The lowest BCUT2D eigenvalue weighted by molar-refractivity contribution is 0.224. The molecule has 0 atom stereocenters. The average Bonchev–Trinajstić information content (AvgIpc) is 2.97. The molecule has 0 bridgehead atoms. The molecule has 3 heterocycles. The van der Waals surface area contributed by atoms with Crippen molar-refractivity contribution >= 4 is 16.9 Å². The molecule has 5 nitrogen and oxygen atoms in total. The fourth-order valence-corrected chi connectivity index (χ4v) is 4.06. The summed E-state index contributed by atoms with van der Waals surface area (Å²) in [4.78, 5) is 15.4. The number of nitrogen functional groups attached to an aromatic ring is 1. The van der Waals surface area contributed by atoms with Gasteiger partial charge < -0.3 is 15.6 Å². The zero-order valence-corrected chi connectivity index (χ0v) is 16.6. The Bertz CT molecular complexity index is 700.